The summed E-state index contributed by atoms with van der Waals surface area (Å²) in [5, 5.41) is 0.342. The van der Waals surface area contributed by atoms with E-state index in [1.54, 1.807) is 51.1 Å². The minimum atomic E-state index is -0.787. The van der Waals surface area contributed by atoms with Gasteiger partial charge in [0.15, 0.2) is 6.10 Å². The Labute approximate surface area is 170 Å². The number of halogens is 1. The van der Waals surface area contributed by atoms with Crippen LogP contribution in [0.5, 0.6) is 17.2 Å². The maximum absolute atomic E-state index is 12.7. The Morgan fingerprint density at radius 2 is 1.82 bits per heavy atom. The monoisotopic (exact) mass is 446 g/mol. The van der Waals surface area contributed by atoms with Gasteiger partial charge in [0.25, 0.3) is 0 Å². The van der Waals surface area contributed by atoms with E-state index >= 15 is 0 Å². The van der Waals surface area contributed by atoms with Gasteiger partial charge in [-0.3, -0.25) is 4.79 Å². The van der Waals surface area contributed by atoms with Crippen molar-refractivity contribution in [2.45, 2.75) is 33.0 Å². The van der Waals surface area contributed by atoms with Crippen molar-refractivity contribution in [3.8, 4) is 17.2 Å². The third kappa shape index (κ3) is 4.54. The van der Waals surface area contributed by atoms with Crippen molar-refractivity contribution >= 4 is 32.9 Å². The van der Waals surface area contributed by atoms with Gasteiger partial charge < -0.3 is 18.6 Å². The van der Waals surface area contributed by atoms with Gasteiger partial charge in [-0.25, -0.2) is 4.79 Å². The lowest BCUT2D eigenvalue weighted by Gasteiger charge is -2.16. The molecule has 2 aromatic carbocycles. The van der Waals surface area contributed by atoms with E-state index in [1.807, 2.05) is 12.1 Å². The summed E-state index contributed by atoms with van der Waals surface area (Å²) >= 11 is 3.37. The number of benzene rings is 2. The molecule has 6 nitrogen and oxygen atoms in total. The van der Waals surface area contributed by atoms with Gasteiger partial charge in [-0.1, -0.05) is 12.1 Å². The second-order valence-electron chi connectivity index (χ2n) is 6.37. The minimum absolute atomic E-state index is 0.0712. The predicted molar refractivity (Wildman–Crippen MR) is 108 cm³/mol. The Bertz CT molecular complexity index is 1060. The molecule has 1 aromatic heterocycles. The van der Waals surface area contributed by atoms with Gasteiger partial charge in [0.05, 0.1) is 16.0 Å². The first-order valence-corrected chi connectivity index (χ1v) is 9.49. The fourth-order valence-electron chi connectivity index (χ4n) is 2.46. The summed E-state index contributed by atoms with van der Waals surface area (Å²) in [5.74, 6) is 0.505. The molecule has 0 aliphatic carbocycles. The number of carbonyl (C=O) groups is 1. The molecule has 0 saturated heterocycles. The van der Waals surface area contributed by atoms with Crippen molar-refractivity contribution in [3.05, 3.63) is 63.4 Å². The van der Waals surface area contributed by atoms with Crippen LogP contribution in [0.15, 0.2) is 62.4 Å². The van der Waals surface area contributed by atoms with Gasteiger partial charge in [0.2, 0.25) is 11.2 Å². The van der Waals surface area contributed by atoms with Crippen LogP contribution in [0.2, 0.25) is 0 Å². The average Bonchev–Trinajstić information content (AvgIpc) is 2.65. The molecule has 1 heterocycles. The Kier molecular flexibility index (Phi) is 6.04. The molecule has 146 valence electrons. The first-order valence-electron chi connectivity index (χ1n) is 8.70. The molecular weight excluding hydrogens is 428 g/mol. The number of carbonyl (C=O) groups excluding carboxylic acids is 1. The molecule has 0 bridgehead atoms. The van der Waals surface area contributed by atoms with E-state index in [0.29, 0.717) is 22.5 Å². The van der Waals surface area contributed by atoms with Crippen LogP contribution in [-0.4, -0.2) is 18.2 Å². The van der Waals surface area contributed by atoms with Gasteiger partial charge in [-0.15, -0.1) is 0 Å². The maximum atomic E-state index is 12.7. The van der Waals surface area contributed by atoms with E-state index in [2.05, 4.69) is 15.9 Å². The maximum Gasteiger partial charge on any atom is 0.347 e. The van der Waals surface area contributed by atoms with Crippen molar-refractivity contribution in [1.82, 2.24) is 0 Å². The van der Waals surface area contributed by atoms with Crippen molar-refractivity contribution in [2.24, 2.45) is 0 Å². The zero-order valence-electron chi connectivity index (χ0n) is 15.6. The molecule has 7 heteroatoms. The topological polar surface area (TPSA) is 75.0 Å². The van der Waals surface area contributed by atoms with Gasteiger partial charge >= 0.3 is 5.97 Å². The highest BCUT2D eigenvalue weighted by Crippen LogP contribution is 2.29. The molecule has 0 spiro atoms. The van der Waals surface area contributed by atoms with Crippen LogP contribution in [0, 0.1) is 0 Å². The summed E-state index contributed by atoms with van der Waals surface area (Å²) in [6, 6.07) is 11.9. The predicted octanol–water partition coefficient (Wildman–Crippen LogP) is 5.07. The van der Waals surface area contributed by atoms with Gasteiger partial charge in [0.1, 0.15) is 23.3 Å². The molecule has 0 N–H and O–H groups in total. The van der Waals surface area contributed by atoms with Crippen LogP contribution in [0.4, 0.5) is 0 Å². The smallest absolute Gasteiger partial charge is 0.347 e. The number of hydrogen-bond acceptors (Lipinski definition) is 6. The highest BCUT2D eigenvalue weighted by Gasteiger charge is 2.18. The Balaban J connectivity index is 1.83. The van der Waals surface area contributed by atoms with Gasteiger partial charge in [-0.05, 0) is 61.0 Å². The van der Waals surface area contributed by atoms with Crippen molar-refractivity contribution in [2.75, 3.05) is 0 Å². The van der Waals surface area contributed by atoms with E-state index in [9.17, 15) is 9.59 Å². The SMILES string of the molecule is CC(C)OC(=O)[C@@H](C)Oc1ccc2c(=O)c(Oc3ccccc3Br)coc2c1. The quantitative estimate of drug-likeness (QED) is 0.492. The molecule has 1 atom stereocenters. The highest BCUT2D eigenvalue weighted by atomic mass is 79.9. The lowest BCUT2D eigenvalue weighted by molar-refractivity contribution is -0.154. The zero-order chi connectivity index (χ0) is 20.3. The molecule has 0 radical (unpaired) electrons. The number of para-hydroxylation sites is 1. The van der Waals surface area contributed by atoms with Crippen molar-refractivity contribution < 1.29 is 23.4 Å². The van der Waals surface area contributed by atoms with E-state index in [-0.39, 0.29) is 17.3 Å². The largest absolute Gasteiger partial charge is 0.479 e. The first-order chi connectivity index (χ1) is 13.3. The summed E-state index contributed by atoms with van der Waals surface area (Å²) in [5.41, 5.74) is 0.0159. The molecule has 0 aliphatic heterocycles. The normalized spacial score (nSPS) is 12.0. The average molecular weight is 447 g/mol. The Morgan fingerprint density at radius 3 is 2.54 bits per heavy atom. The van der Waals surface area contributed by atoms with E-state index in [4.69, 9.17) is 18.6 Å². The third-order valence-electron chi connectivity index (χ3n) is 3.77. The van der Waals surface area contributed by atoms with Crippen LogP contribution in [0.25, 0.3) is 11.0 Å². The molecule has 0 fully saturated rings. The lowest BCUT2D eigenvalue weighted by atomic mass is 10.2. The number of rotatable bonds is 6. The number of esters is 1. The van der Waals surface area contributed by atoms with E-state index in [0.717, 1.165) is 4.47 Å². The molecule has 28 heavy (non-hydrogen) atoms. The van der Waals surface area contributed by atoms with Crippen LogP contribution in [0.3, 0.4) is 0 Å². The summed E-state index contributed by atoms with van der Waals surface area (Å²) in [6.45, 7) is 5.13. The molecular formula is C21H19BrO6. The molecule has 0 saturated carbocycles. The molecule has 3 aromatic rings. The minimum Gasteiger partial charge on any atom is -0.479 e. The molecule has 0 amide bonds. The third-order valence-corrected chi connectivity index (χ3v) is 4.42. The molecule has 0 unspecified atom stereocenters. The zero-order valence-corrected chi connectivity index (χ0v) is 17.2. The van der Waals surface area contributed by atoms with Crippen LogP contribution in [0.1, 0.15) is 20.8 Å². The summed E-state index contributed by atoms with van der Waals surface area (Å²) in [4.78, 5) is 24.6. The van der Waals surface area contributed by atoms with E-state index < -0.39 is 12.1 Å². The second-order valence-corrected chi connectivity index (χ2v) is 7.22. The van der Waals surface area contributed by atoms with E-state index in [1.165, 1.54) is 6.26 Å². The van der Waals surface area contributed by atoms with Gasteiger partial charge in [-0.2, -0.15) is 0 Å². The lowest BCUT2D eigenvalue weighted by Crippen LogP contribution is -2.28. The fourth-order valence-corrected chi connectivity index (χ4v) is 2.83. The summed E-state index contributed by atoms with van der Waals surface area (Å²) < 4.78 is 22.6. The van der Waals surface area contributed by atoms with Gasteiger partial charge in [0, 0.05) is 6.07 Å². The second kappa shape index (κ2) is 8.48. The first kappa shape index (κ1) is 19.9. The van der Waals surface area contributed by atoms with Crippen molar-refractivity contribution in [3.63, 3.8) is 0 Å². The Hall–Kier alpha value is -2.80. The number of hydrogen-bond donors (Lipinski definition) is 0. The summed E-state index contributed by atoms with van der Waals surface area (Å²) in [6.07, 6.45) is 0.241. The highest BCUT2D eigenvalue weighted by molar-refractivity contribution is 9.10. The standard InChI is InChI=1S/C21H19BrO6/c1-12(2)26-21(24)13(3)27-14-8-9-15-18(10-14)25-11-19(20(15)23)28-17-7-5-4-6-16(17)22/h4-13H,1-3H3/t13-/m1/s1. The fraction of sp³-hybridized carbons (Fsp3) is 0.238. The van der Waals surface area contributed by atoms with Crippen LogP contribution >= 0.6 is 15.9 Å². The molecule has 3 rings (SSSR count). The van der Waals surface area contributed by atoms with Crippen LogP contribution < -0.4 is 14.9 Å². The molecule has 0 aliphatic rings. The Morgan fingerprint density at radius 1 is 1.07 bits per heavy atom. The van der Waals surface area contributed by atoms with Crippen molar-refractivity contribution in [1.29, 1.82) is 0 Å². The number of fused-ring (bicyclic) bond motifs is 1. The van der Waals surface area contributed by atoms with Crippen LogP contribution in [-0.2, 0) is 9.53 Å². The number of ether oxygens (including phenoxy) is 3. The summed E-state index contributed by atoms with van der Waals surface area (Å²) in [7, 11) is 0.